The molecule has 0 radical (unpaired) electrons. The zero-order valence-corrected chi connectivity index (χ0v) is 15.8. The molecule has 29 heavy (non-hydrogen) atoms. The molecule has 2 heterocycles. The number of benzene rings is 2. The summed E-state index contributed by atoms with van der Waals surface area (Å²) in [5.41, 5.74) is 4.09. The highest BCUT2D eigenvalue weighted by Crippen LogP contribution is 2.32. The fourth-order valence-corrected chi connectivity index (χ4v) is 3.25. The van der Waals surface area contributed by atoms with E-state index in [9.17, 15) is 15.4 Å². The third-order valence-corrected chi connectivity index (χ3v) is 4.68. The number of nitriles is 1. The van der Waals surface area contributed by atoms with Gasteiger partial charge in [0.05, 0.1) is 21.5 Å². The van der Waals surface area contributed by atoms with Crippen molar-refractivity contribution in [2.24, 2.45) is 0 Å². The lowest BCUT2D eigenvalue weighted by molar-refractivity contribution is -0.385. The van der Waals surface area contributed by atoms with Crippen molar-refractivity contribution in [1.29, 1.82) is 5.26 Å². The molecule has 0 fully saturated rings. The summed E-state index contributed by atoms with van der Waals surface area (Å²) in [6.45, 7) is 3.58. The van der Waals surface area contributed by atoms with Gasteiger partial charge in [-0.3, -0.25) is 10.1 Å². The largest absolute Gasteiger partial charge is 0.457 e. The van der Waals surface area contributed by atoms with E-state index in [4.69, 9.17) is 4.42 Å². The van der Waals surface area contributed by atoms with Crippen LogP contribution in [0.15, 0.2) is 52.9 Å². The number of H-pyrrole nitrogens is 1. The van der Waals surface area contributed by atoms with E-state index in [-0.39, 0.29) is 5.69 Å². The van der Waals surface area contributed by atoms with E-state index in [1.165, 1.54) is 6.07 Å². The zero-order chi connectivity index (χ0) is 20.5. The lowest BCUT2D eigenvalue weighted by atomic mass is 10.0. The number of nitro benzene ring substituents is 1. The Morgan fingerprint density at radius 1 is 1.21 bits per heavy atom. The van der Waals surface area contributed by atoms with Crippen molar-refractivity contribution in [1.82, 2.24) is 9.97 Å². The number of hydrogen-bond donors (Lipinski definition) is 1. The highest BCUT2D eigenvalue weighted by atomic mass is 16.6. The molecule has 7 nitrogen and oxygen atoms in total. The topological polar surface area (TPSA) is 109 Å². The van der Waals surface area contributed by atoms with Crippen molar-refractivity contribution in [3.05, 3.63) is 81.4 Å². The van der Waals surface area contributed by atoms with Gasteiger partial charge in [-0.15, -0.1) is 0 Å². The first kappa shape index (κ1) is 18.2. The van der Waals surface area contributed by atoms with Crippen molar-refractivity contribution in [2.45, 2.75) is 13.8 Å². The average Bonchev–Trinajstić information content (AvgIpc) is 3.32. The van der Waals surface area contributed by atoms with E-state index in [0.29, 0.717) is 34.0 Å². The maximum absolute atomic E-state index is 11.3. The van der Waals surface area contributed by atoms with Crippen LogP contribution < -0.4 is 0 Å². The minimum Gasteiger partial charge on any atom is -0.457 e. The molecule has 0 atom stereocenters. The molecule has 1 N–H and O–H groups in total. The quantitative estimate of drug-likeness (QED) is 0.287. The molecule has 0 aliphatic rings. The molecule has 2 aromatic heterocycles. The Hall–Kier alpha value is -4.18. The van der Waals surface area contributed by atoms with Gasteiger partial charge in [-0.2, -0.15) is 5.26 Å². The molecule has 0 bridgehead atoms. The number of fused-ring (bicyclic) bond motifs is 1. The Morgan fingerprint density at radius 2 is 2.00 bits per heavy atom. The first-order chi connectivity index (χ1) is 14.0. The van der Waals surface area contributed by atoms with Gasteiger partial charge in [0.15, 0.2) is 0 Å². The monoisotopic (exact) mass is 384 g/mol. The molecule has 0 spiro atoms. The number of aromatic amines is 1. The molecule has 0 aliphatic heterocycles. The van der Waals surface area contributed by atoms with E-state index in [2.05, 4.69) is 16.0 Å². The number of allylic oxidation sites excluding steroid dienone is 1. The van der Waals surface area contributed by atoms with Gasteiger partial charge in [-0.25, -0.2) is 4.98 Å². The highest BCUT2D eigenvalue weighted by molar-refractivity contribution is 5.89. The van der Waals surface area contributed by atoms with Crippen LogP contribution in [0, 0.1) is 35.3 Å². The van der Waals surface area contributed by atoms with Gasteiger partial charge in [-0.1, -0.05) is 12.1 Å². The van der Waals surface area contributed by atoms with Crippen molar-refractivity contribution < 1.29 is 9.34 Å². The van der Waals surface area contributed by atoms with Crippen molar-refractivity contribution in [3.63, 3.8) is 0 Å². The number of furan rings is 1. The molecular weight excluding hydrogens is 368 g/mol. The normalized spacial score (nSPS) is 11.6. The standard InChI is InChI=1S/C22H16N4O3/c1-13-9-14(2)20(26(27)28)11-17(13)21-8-7-16(29-21)10-15(12-23)22-24-18-5-3-4-6-19(18)25-22/h3-11H,1-2H3,(H,24,25)/b15-10-. The highest BCUT2D eigenvalue weighted by Gasteiger charge is 2.17. The number of rotatable bonds is 4. The third-order valence-electron chi connectivity index (χ3n) is 4.68. The number of aryl methyl sites for hydroxylation is 2. The molecule has 0 unspecified atom stereocenters. The second kappa shape index (κ2) is 7.09. The molecule has 4 rings (SSSR count). The minimum absolute atomic E-state index is 0.0408. The lowest BCUT2D eigenvalue weighted by Gasteiger charge is -2.05. The van der Waals surface area contributed by atoms with E-state index >= 15 is 0 Å². The van der Waals surface area contributed by atoms with Crippen LogP contribution in [0.4, 0.5) is 5.69 Å². The summed E-state index contributed by atoms with van der Waals surface area (Å²) in [7, 11) is 0. The third kappa shape index (κ3) is 3.39. The molecular formula is C22H16N4O3. The molecule has 0 aliphatic carbocycles. The average molecular weight is 384 g/mol. The number of imidazole rings is 1. The predicted octanol–water partition coefficient (Wildman–Crippen LogP) is 5.41. The van der Waals surface area contributed by atoms with Crippen LogP contribution in [0.25, 0.3) is 34.0 Å². The van der Waals surface area contributed by atoms with Crippen molar-refractivity contribution in [3.8, 4) is 17.4 Å². The SMILES string of the molecule is Cc1cc(C)c([N+](=O)[O-])cc1-c1ccc(/C=C(/C#N)c2nc3ccccc3[nH]2)o1. The first-order valence-electron chi connectivity index (χ1n) is 8.89. The molecule has 2 aromatic carbocycles. The second-order valence-corrected chi connectivity index (χ2v) is 6.69. The summed E-state index contributed by atoms with van der Waals surface area (Å²) in [6.07, 6.45) is 1.60. The number of nitro groups is 1. The Morgan fingerprint density at radius 3 is 2.72 bits per heavy atom. The van der Waals surface area contributed by atoms with Gasteiger partial charge < -0.3 is 9.40 Å². The number of nitrogens with zero attached hydrogens (tertiary/aromatic N) is 3. The number of nitrogens with one attached hydrogen (secondary N) is 1. The molecule has 0 saturated carbocycles. The Balaban J connectivity index is 1.73. The first-order valence-corrected chi connectivity index (χ1v) is 8.89. The lowest BCUT2D eigenvalue weighted by Crippen LogP contribution is -1.94. The van der Waals surface area contributed by atoms with Crippen LogP contribution in [0.2, 0.25) is 0 Å². The maximum Gasteiger partial charge on any atom is 0.273 e. The maximum atomic E-state index is 11.3. The summed E-state index contributed by atoms with van der Waals surface area (Å²) >= 11 is 0. The van der Waals surface area contributed by atoms with Gasteiger partial charge in [0.1, 0.15) is 23.4 Å². The van der Waals surface area contributed by atoms with Gasteiger partial charge in [0.25, 0.3) is 5.69 Å². The molecule has 142 valence electrons. The summed E-state index contributed by atoms with van der Waals surface area (Å²) in [6, 6.07) is 16.4. The Bertz CT molecular complexity index is 1290. The Labute approximate surface area is 166 Å². The van der Waals surface area contributed by atoms with Gasteiger partial charge in [0, 0.05) is 23.3 Å². The number of para-hydroxylation sites is 2. The van der Waals surface area contributed by atoms with Gasteiger partial charge >= 0.3 is 0 Å². The van der Waals surface area contributed by atoms with Crippen LogP contribution in [0.3, 0.4) is 0 Å². The summed E-state index contributed by atoms with van der Waals surface area (Å²) in [5.74, 6) is 1.41. The smallest absolute Gasteiger partial charge is 0.273 e. The van der Waals surface area contributed by atoms with E-state index in [1.54, 1.807) is 31.2 Å². The van der Waals surface area contributed by atoms with Crippen LogP contribution in [-0.4, -0.2) is 14.9 Å². The van der Waals surface area contributed by atoms with E-state index in [0.717, 1.165) is 16.6 Å². The van der Waals surface area contributed by atoms with Crippen molar-refractivity contribution in [2.75, 3.05) is 0 Å². The summed E-state index contributed by atoms with van der Waals surface area (Å²) < 4.78 is 5.86. The minimum atomic E-state index is -0.405. The van der Waals surface area contributed by atoms with Crippen LogP contribution in [0.1, 0.15) is 22.7 Å². The second-order valence-electron chi connectivity index (χ2n) is 6.69. The van der Waals surface area contributed by atoms with Crippen LogP contribution in [-0.2, 0) is 0 Å². The summed E-state index contributed by atoms with van der Waals surface area (Å²) in [4.78, 5) is 18.4. The number of aromatic nitrogens is 2. The molecule has 4 aromatic rings. The summed E-state index contributed by atoms with van der Waals surface area (Å²) in [5, 5.41) is 20.8. The molecule has 0 amide bonds. The predicted molar refractivity (Wildman–Crippen MR) is 110 cm³/mol. The zero-order valence-electron chi connectivity index (χ0n) is 15.8. The van der Waals surface area contributed by atoms with Crippen molar-refractivity contribution >= 4 is 28.4 Å². The van der Waals surface area contributed by atoms with E-state index < -0.39 is 4.92 Å². The van der Waals surface area contributed by atoms with Crippen LogP contribution in [0.5, 0.6) is 0 Å². The Kier molecular flexibility index (Phi) is 4.45. The fraction of sp³-hybridized carbons (Fsp3) is 0.0909. The van der Waals surface area contributed by atoms with Gasteiger partial charge in [-0.05, 0) is 49.7 Å². The fourth-order valence-electron chi connectivity index (χ4n) is 3.25. The van der Waals surface area contributed by atoms with Crippen LogP contribution >= 0.6 is 0 Å². The van der Waals surface area contributed by atoms with Gasteiger partial charge in [0.2, 0.25) is 0 Å². The molecule has 0 saturated heterocycles. The number of hydrogen-bond acceptors (Lipinski definition) is 5. The molecule has 7 heteroatoms. The van der Waals surface area contributed by atoms with E-state index in [1.807, 2.05) is 31.2 Å².